The number of aliphatic carboxylic acids is 1. The molecule has 1 fully saturated rings. The van der Waals surface area contributed by atoms with E-state index in [-0.39, 0.29) is 30.8 Å². The van der Waals surface area contributed by atoms with Crippen LogP contribution in [0.15, 0.2) is 0 Å². The molecule has 1 aliphatic carbocycles. The van der Waals surface area contributed by atoms with Gasteiger partial charge in [0.15, 0.2) is 0 Å². The minimum Gasteiger partial charge on any atom is -0.480 e. The molecule has 0 heterocycles. The molecule has 1 aliphatic rings. The van der Waals surface area contributed by atoms with Gasteiger partial charge in [0, 0.05) is 25.9 Å². The van der Waals surface area contributed by atoms with Crippen molar-refractivity contribution in [3.63, 3.8) is 0 Å². The maximum atomic E-state index is 11.9. The first kappa shape index (κ1) is 13.5. The highest BCUT2D eigenvalue weighted by atomic mass is 16.4. The Balaban J connectivity index is 2.54. The highest BCUT2D eigenvalue weighted by Crippen LogP contribution is 2.31. The minimum atomic E-state index is -1.03. The first-order valence-corrected chi connectivity index (χ1v) is 5.71. The van der Waals surface area contributed by atoms with E-state index in [2.05, 4.69) is 5.32 Å². The van der Waals surface area contributed by atoms with Crippen LogP contribution in [-0.2, 0) is 14.4 Å². The van der Waals surface area contributed by atoms with Crippen LogP contribution >= 0.6 is 0 Å². The zero-order valence-electron chi connectivity index (χ0n) is 10.1. The van der Waals surface area contributed by atoms with Crippen LogP contribution in [0.2, 0.25) is 0 Å². The normalized spacial score (nSPS) is 16.1. The molecule has 0 aliphatic heterocycles. The average molecular weight is 242 g/mol. The molecule has 1 rings (SSSR count). The summed E-state index contributed by atoms with van der Waals surface area (Å²) < 4.78 is 0. The van der Waals surface area contributed by atoms with Gasteiger partial charge in [-0.3, -0.25) is 9.59 Å². The molecule has 0 spiro atoms. The zero-order valence-corrected chi connectivity index (χ0v) is 10.1. The molecule has 0 aromatic carbocycles. The fourth-order valence-corrected chi connectivity index (χ4v) is 1.55. The van der Waals surface area contributed by atoms with Gasteiger partial charge in [0.1, 0.15) is 6.04 Å². The van der Waals surface area contributed by atoms with Gasteiger partial charge in [0.25, 0.3) is 0 Å². The highest BCUT2D eigenvalue weighted by Gasteiger charge is 2.36. The molecule has 2 amide bonds. The number of nitrogens with one attached hydrogen (secondary N) is 1. The minimum absolute atomic E-state index is 0.0193. The topological polar surface area (TPSA) is 86.7 Å². The number of nitrogens with zero attached hydrogens (tertiary/aromatic N) is 1. The standard InChI is InChI=1S/C11H18N2O4/c1-7(11(16)17)13(6-5-12-8(2)14)10(15)9-3-4-9/h7,9H,3-6H2,1-2H3,(H,12,14)(H,16,17). The van der Waals surface area contributed by atoms with E-state index in [9.17, 15) is 14.4 Å². The third-order valence-corrected chi connectivity index (χ3v) is 2.76. The lowest BCUT2D eigenvalue weighted by Gasteiger charge is -2.26. The largest absolute Gasteiger partial charge is 0.480 e. The summed E-state index contributed by atoms with van der Waals surface area (Å²) in [7, 11) is 0. The number of carbonyl (C=O) groups excluding carboxylic acids is 2. The average Bonchev–Trinajstić information content (AvgIpc) is 3.05. The first-order chi connectivity index (χ1) is 7.93. The molecule has 0 aromatic rings. The van der Waals surface area contributed by atoms with Gasteiger partial charge < -0.3 is 15.3 Å². The van der Waals surface area contributed by atoms with Crippen LogP contribution in [0.4, 0.5) is 0 Å². The maximum absolute atomic E-state index is 11.9. The Morgan fingerprint density at radius 3 is 2.41 bits per heavy atom. The van der Waals surface area contributed by atoms with Crippen LogP contribution in [0.1, 0.15) is 26.7 Å². The quantitative estimate of drug-likeness (QED) is 0.677. The van der Waals surface area contributed by atoms with E-state index >= 15 is 0 Å². The molecule has 0 bridgehead atoms. The van der Waals surface area contributed by atoms with Crippen LogP contribution in [0.3, 0.4) is 0 Å². The van der Waals surface area contributed by atoms with Crippen molar-refractivity contribution in [2.24, 2.45) is 5.92 Å². The van der Waals surface area contributed by atoms with Crippen LogP contribution in [-0.4, -0.2) is 46.9 Å². The van der Waals surface area contributed by atoms with Crippen LogP contribution in [0.5, 0.6) is 0 Å². The summed E-state index contributed by atoms with van der Waals surface area (Å²) in [5.41, 5.74) is 0. The second-order valence-corrected chi connectivity index (χ2v) is 4.30. The first-order valence-electron chi connectivity index (χ1n) is 5.71. The van der Waals surface area contributed by atoms with Crippen molar-refractivity contribution in [3.05, 3.63) is 0 Å². The SMILES string of the molecule is CC(=O)NCCN(C(=O)C1CC1)C(C)C(=O)O. The second kappa shape index (κ2) is 5.65. The zero-order chi connectivity index (χ0) is 13.0. The van der Waals surface area contributed by atoms with E-state index in [4.69, 9.17) is 5.11 Å². The highest BCUT2D eigenvalue weighted by molar-refractivity contribution is 5.86. The summed E-state index contributed by atoms with van der Waals surface area (Å²) >= 11 is 0. The van der Waals surface area contributed by atoms with Gasteiger partial charge in [-0.1, -0.05) is 0 Å². The van der Waals surface area contributed by atoms with Crippen molar-refractivity contribution in [1.29, 1.82) is 0 Å². The fourth-order valence-electron chi connectivity index (χ4n) is 1.55. The lowest BCUT2D eigenvalue weighted by Crippen LogP contribution is -2.47. The van der Waals surface area contributed by atoms with E-state index in [0.717, 1.165) is 12.8 Å². The van der Waals surface area contributed by atoms with Crippen molar-refractivity contribution < 1.29 is 19.5 Å². The van der Waals surface area contributed by atoms with Gasteiger partial charge in [0.2, 0.25) is 11.8 Å². The lowest BCUT2D eigenvalue weighted by atomic mass is 10.2. The van der Waals surface area contributed by atoms with Gasteiger partial charge in [-0.05, 0) is 19.8 Å². The summed E-state index contributed by atoms with van der Waals surface area (Å²) in [6, 6.07) is -0.850. The summed E-state index contributed by atoms with van der Waals surface area (Å²) in [5.74, 6) is -1.35. The Morgan fingerprint density at radius 1 is 1.41 bits per heavy atom. The van der Waals surface area contributed by atoms with Gasteiger partial charge in [-0.15, -0.1) is 0 Å². The van der Waals surface area contributed by atoms with E-state index in [1.165, 1.54) is 18.7 Å². The third kappa shape index (κ3) is 4.05. The Bertz CT molecular complexity index is 325. The Hall–Kier alpha value is -1.59. The van der Waals surface area contributed by atoms with Crippen molar-refractivity contribution >= 4 is 17.8 Å². The second-order valence-electron chi connectivity index (χ2n) is 4.30. The number of carboxylic acid groups (broad SMARTS) is 1. The van der Waals surface area contributed by atoms with Gasteiger partial charge in [-0.2, -0.15) is 0 Å². The fraction of sp³-hybridized carbons (Fsp3) is 0.727. The van der Waals surface area contributed by atoms with E-state index in [1.807, 2.05) is 0 Å². The number of hydrogen-bond donors (Lipinski definition) is 2. The third-order valence-electron chi connectivity index (χ3n) is 2.76. The summed E-state index contributed by atoms with van der Waals surface area (Å²) in [4.78, 5) is 34.8. The monoisotopic (exact) mass is 242 g/mol. The number of hydrogen-bond acceptors (Lipinski definition) is 3. The van der Waals surface area contributed by atoms with Crippen molar-refractivity contribution in [2.75, 3.05) is 13.1 Å². The Kier molecular flexibility index (Phi) is 4.48. The maximum Gasteiger partial charge on any atom is 0.326 e. The van der Waals surface area contributed by atoms with E-state index < -0.39 is 12.0 Å². The molecule has 1 unspecified atom stereocenters. The van der Waals surface area contributed by atoms with Crippen molar-refractivity contribution in [2.45, 2.75) is 32.7 Å². The molecular weight excluding hydrogens is 224 g/mol. The van der Waals surface area contributed by atoms with Crippen molar-refractivity contribution in [3.8, 4) is 0 Å². The Labute approximate surface area is 100.0 Å². The lowest BCUT2D eigenvalue weighted by molar-refractivity contribution is -0.150. The Morgan fingerprint density at radius 2 is 2.00 bits per heavy atom. The number of carbonyl (C=O) groups is 3. The number of amides is 2. The number of carboxylic acids is 1. The molecule has 0 radical (unpaired) electrons. The van der Waals surface area contributed by atoms with Crippen LogP contribution in [0.25, 0.3) is 0 Å². The van der Waals surface area contributed by atoms with Crippen LogP contribution in [0, 0.1) is 5.92 Å². The molecule has 0 aromatic heterocycles. The van der Waals surface area contributed by atoms with Gasteiger partial charge in [-0.25, -0.2) is 4.79 Å². The molecule has 1 saturated carbocycles. The van der Waals surface area contributed by atoms with E-state index in [0.29, 0.717) is 0 Å². The van der Waals surface area contributed by atoms with Gasteiger partial charge >= 0.3 is 5.97 Å². The summed E-state index contributed by atoms with van der Waals surface area (Å²) in [6.45, 7) is 3.39. The predicted molar refractivity (Wildman–Crippen MR) is 60.2 cm³/mol. The molecule has 1 atom stereocenters. The molecule has 17 heavy (non-hydrogen) atoms. The molecular formula is C11H18N2O4. The summed E-state index contributed by atoms with van der Waals surface area (Å²) in [5, 5.41) is 11.5. The number of rotatable bonds is 6. The molecule has 6 heteroatoms. The molecule has 2 N–H and O–H groups in total. The molecule has 0 saturated heterocycles. The van der Waals surface area contributed by atoms with E-state index in [1.54, 1.807) is 0 Å². The molecule has 6 nitrogen and oxygen atoms in total. The predicted octanol–water partition coefficient (Wildman–Crippen LogP) is -0.166. The van der Waals surface area contributed by atoms with Crippen LogP contribution < -0.4 is 5.32 Å². The smallest absolute Gasteiger partial charge is 0.326 e. The summed E-state index contributed by atoms with van der Waals surface area (Å²) in [6.07, 6.45) is 1.67. The van der Waals surface area contributed by atoms with Gasteiger partial charge in [0.05, 0.1) is 0 Å². The molecule has 96 valence electrons. The van der Waals surface area contributed by atoms with Crippen molar-refractivity contribution in [1.82, 2.24) is 10.2 Å².